The molecule has 0 spiro atoms. The van der Waals surface area contributed by atoms with Crippen molar-refractivity contribution in [2.75, 3.05) is 6.61 Å². The maximum Gasteiger partial charge on any atom is 0.248 e. The highest BCUT2D eigenvalue weighted by Gasteiger charge is 2.27. The molecule has 0 radical (unpaired) electrons. The first-order valence-electron chi connectivity index (χ1n) is 4.46. The molecule has 12 heavy (non-hydrogen) atoms. The zero-order chi connectivity index (χ0) is 9.61. The molecule has 0 aliphatic carbocycles. The third kappa shape index (κ3) is 6.53. The number of alkyl halides is 2. The molecule has 0 heterocycles. The zero-order valence-corrected chi connectivity index (χ0v) is 7.82. The van der Waals surface area contributed by atoms with Crippen LogP contribution in [0.15, 0.2) is 0 Å². The number of halogens is 2. The minimum Gasteiger partial charge on any atom is -0.396 e. The number of aliphatic hydroxyl groups excluding tert-OH is 1. The van der Waals surface area contributed by atoms with Gasteiger partial charge in [0, 0.05) is 19.4 Å². The van der Waals surface area contributed by atoms with E-state index in [2.05, 4.69) is 0 Å². The molecule has 0 saturated heterocycles. The zero-order valence-electron chi connectivity index (χ0n) is 7.82. The highest BCUT2D eigenvalue weighted by molar-refractivity contribution is 4.66. The van der Waals surface area contributed by atoms with E-state index in [0.717, 1.165) is 0 Å². The van der Waals surface area contributed by atoms with Crippen molar-refractivity contribution in [2.24, 2.45) is 5.92 Å². The van der Waals surface area contributed by atoms with Crippen molar-refractivity contribution < 1.29 is 13.9 Å². The quantitative estimate of drug-likeness (QED) is 0.666. The Morgan fingerprint density at radius 2 is 1.83 bits per heavy atom. The summed E-state index contributed by atoms with van der Waals surface area (Å²) in [6.45, 7) is 3.72. The van der Waals surface area contributed by atoms with Gasteiger partial charge in [-0.3, -0.25) is 0 Å². The van der Waals surface area contributed by atoms with Gasteiger partial charge in [0.15, 0.2) is 0 Å². The van der Waals surface area contributed by atoms with Gasteiger partial charge in [0.25, 0.3) is 0 Å². The Morgan fingerprint density at radius 3 is 2.25 bits per heavy atom. The Labute approximate surface area is 72.8 Å². The van der Waals surface area contributed by atoms with Gasteiger partial charge in [0.1, 0.15) is 0 Å². The van der Waals surface area contributed by atoms with Crippen LogP contribution in [0.1, 0.15) is 39.5 Å². The smallest absolute Gasteiger partial charge is 0.248 e. The molecule has 0 saturated carbocycles. The highest BCUT2D eigenvalue weighted by Crippen LogP contribution is 2.27. The molecule has 0 bridgehead atoms. The van der Waals surface area contributed by atoms with Crippen LogP contribution in [0, 0.1) is 5.92 Å². The van der Waals surface area contributed by atoms with Crippen LogP contribution in [0.25, 0.3) is 0 Å². The molecule has 1 N–H and O–H groups in total. The van der Waals surface area contributed by atoms with Crippen LogP contribution in [-0.4, -0.2) is 17.6 Å². The monoisotopic (exact) mass is 180 g/mol. The highest BCUT2D eigenvalue weighted by atomic mass is 19.3. The summed E-state index contributed by atoms with van der Waals surface area (Å²) in [5.74, 6) is -2.25. The Bertz CT molecular complexity index is 113. The van der Waals surface area contributed by atoms with E-state index in [4.69, 9.17) is 5.11 Å². The van der Waals surface area contributed by atoms with Gasteiger partial charge in [-0.1, -0.05) is 13.8 Å². The van der Waals surface area contributed by atoms with E-state index in [0.29, 0.717) is 12.3 Å². The summed E-state index contributed by atoms with van der Waals surface area (Å²) in [4.78, 5) is 0. The normalized spacial score (nSPS) is 12.5. The van der Waals surface area contributed by atoms with Gasteiger partial charge in [-0.2, -0.15) is 0 Å². The largest absolute Gasteiger partial charge is 0.396 e. The van der Waals surface area contributed by atoms with Crippen LogP contribution < -0.4 is 0 Å². The first kappa shape index (κ1) is 11.8. The van der Waals surface area contributed by atoms with E-state index < -0.39 is 5.92 Å². The van der Waals surface area contributed by atoms with E-state index in [1.54, 1.807) is 0 Å². The predicted molar refractivity (Wildman–Crippen MR) is 45.3 cm³/mol. The van der Waals surface area contributed by atoms with Crippen molar-refractivity contribution in [2.45, 2.75) is 45.5 Å². The van der Waals surface area contributed by atoms with Crippen molar-refractivity contribution in [3.8, 4) is 0 Å². The molecule has 0 aliphatic heterocycles. The number of rotatable bonds is 6. The maximum absolute atomic E-state index is 12.9. The van der Waals surface area contributed by atoms with Crippen LogP contribution in [0.3, 0.4) is 0 Å². The minimum absolute atomic E-state index is 0.0509. The Hall–Kier alpha value is -0.180. The van der Waals surface area contributed by atoms with Gasteiger partial charge >= 0.3 is 0 Å². The molecule has 0 rings (SSSR count). The molecular formula is C9H18F2O. The summed E-state index contributed by atoms with van der Waals surface area (Å²) in [6, 6.07) is 0. The number of hydrogen-bond acceptors (Lipinski definition) is 1. The molecule has 3 heteroatoms. The molecule has 0 aromatic carbocycles. The summed E-state index contributed by atoms with van der Waals surface area (Å²) >= 11 is 0. The Morgan fingerprint density at radius 1 is 1.25 bits per heavy atom. The van der Waals surface area contributed by atoms with Gasteiger partial charge in [0.05, 0.1) is 0 Å². The van der Waals surface area contributed by atoms with Gasteiger partial charge < -0.3 is 5.11 Å². The van der Waals surface area contributed by atoms with Crippen molar-refractivity contribution in [1.29, 1.82) is 0 Å². The van der Waals surface area contributed by atoms with E-state index >= 15 is 0 Å². The standard InChI is InChI=1S/C9H18F2O/c1-8(2)4-6-9(10,11)5-3-7-12/h8,12H,3-7H2,1-2H3. The lowest BCUT2D eigenvalue weighted by Gasteiger charge is -2.16. The molecular weight excluding hydrogens is 162 g/mol. The minimum atomic E-state index is -2.58. The number of aliphatic hydroxyl groups is 1. The first-order valence-corrected chi connectivity index (χ1v) is 4.46. The van der Waals surface area contributed by atoms with Crippen molar-refractivity contribution in [3.63, 3.8) is 0 Å². The number of hydrogen-bond donors (Lipinski definition) is 1. The Balaban J connectivity index is 3.56. The SMILES string of the molecule is CC(C)CCC(F)(F)CCCO. The fraction of sp³-hybridized carbons (Fsp3) is 1.00. The predicted octanol–water partition coefficient (Wildman–Crippen LogP) is 2.83. The van der Waals surface area contributed by atoms with E-state index in [1.807, 2.05) is 13.8 Å². The fourth-order valence-corrected chi connectivity index (χ4v) is 0.963. The van der Waals surface area contributed by atoms with Crippen molar-refractivity contribution >= 4 is 0 Å². The molecule has 0 fully saturated rings. The lowest BCUT2D eigenvalue weighted by Crippen LogP contribution is -2.17. The van der Waals surface area contributed by atoms with Crippen molar-refractivity contribution in [3.05, 3.63) is 0 Å². The fourth-order valence-electron chi connectivity index (χ4n) is 0.963. The van der Waals surface area contributed by atoms with E-state index in [1.165, 1.54) is 0 Å². The summed E-state index contributed by atoms with van der Waals surface area (Å²) < 4.78 is 25.7. The molecule has 0 aromatic rings. The van der Waals surface area contributed by atoms with Gasteiger partial charge in [0.2, 0.25) is 5.92 Å². The van der Waals surface area contributed by atoms with Crippen LogP contribution in [-0.2, 0) is 0 Å². The molecule has 74 valence electrons. The molecule has 0 amide bonds. The van der Waals surface area contributed by atoms with Crippen LogP contribution in [0.5, 0.6) is 0 Å². The lowest BCUT2D eigenvalue weighted by molar-refractivity contribution is -0.0255. The van der Waals surface area contributed by atoms with E-state index in [-0.39, 0.29) is 25.9 Å². The van der Waals surface area contributed by atoms with Crippen LogP contribution >= 0.6 is 0 Å². The first-order chi connectivity index (χ1) is 5.48. The van der Waals surface area contributed by atoms with E-state index in [9.17, 15) is 8.78 Å². The third-order valence-electron chi connectivity index (χ3n) is 1.79. The van der Waals surface area contributed by atoms with Crippen molar-refractivity contribution in [1.82, 2.24) is 0 Å². The maximum atomic E-state index is 12.9. The van der Waals surface area contributed by atoms with Gasteiger partial charge in [-0.15, -0.1) is 0 Å². The molecule has 0 unspecified atom stereocenters. The lowest BCUT2D eigenvalue weighted by atomic mass is 10.0. The third-order valence-corrected chi connectivity index (χ3v) is 1.79. The molecule has 0 aromatic heterocycles. The molecule has 0 atom stereocenters. The summed E-state index contributed by atoms with van der Waals surface area (Å²) in [5, 5.41) is 8.37. The second kappa shape index (κ2) is 5.46. The van der Waals surface area contributed by atoms with Crippen LogP contribution in [0.4, 0.5) is 8.78 Å². The molecule has 0 aliphatic rings. The summed E-state index contributed by atoms with van der Waals surface area (Å²) in [6.07, 6.45) is 0.518. The topological polar surface area (TPSA) is 20.2 Å². The van der Waals surface area contributed by atoms with Gasteiger partial charge in [-0.05, 0) is 18.8 Å². The summed E-state index contributed by atoms with van der Waals surface area (Å²) in [5.41, 5.74) is 0. The second-order valence-electron chi connectivity index (χ2n) is 3.62. The Kier molecular flexibility index (Phi) is 5.38. The van der Waals surface area contributed by atoms with Gasteiger partial charge in [-0.25, -0.2) is 8.78 Å². The summed E-state index contributed by atoms with van der Waals surface area (Å²) in [7, 11) is 0. The molecule has 1 nitrogen and oxygen atoms in total. The average Bonchev–Trinajstić information content (AvgIpc) is 1.98. The second-order valence-corrected chi connectivity index (χ2v) is 3.62. The van der Waals surface area contributed by atoms with Crippen LogP contribution in [0.2, 0.25) is 0 Å². The average molecular weight is 180 g/mol.